The van der Waals surface area contributed by atoms with Crippen LogP contribution in [-0.2, 0) is 14.9 Å². The maximum absolute atomic E-state index is 14.4. The Labute approximate surface area is 184 Å². The average molecular weight is 438 g/mol. The highest BCUT2D eigenvalue weighted by atomic mass is 19.1. The predicted octanol–water partition coefficient (Wildman–Crippen LogP) is 5.17. The van der Waals surface area contributed by atoms with E-state index in [0.29, 0.717) is 5.69 Å². The van der Waals surface area contributed by atoms with Crippen molar-refractivity contribution in [2.45, 2.75) is 39.2 Å². The van der Waals surface area contributed by atoms with Crippen LogP contribution in [0.1, 0.15) is 49.3 Å². The molecule has 1 aromatic heterocycles. The van der Waals surface area contributed by atoms with Crippen LogP contribution in [0.4, 0.5) is 8.78 Å². The zero-order chi connectivity index (χ0) is 23.2. The van der Waals surface area contributed by atoms with E-state index in [1.54, 1.807) is 13.8 Å². The second kappa shape index (κ2) is 7.89. The standard InChI is InChI=1S/C25H24F2N2O3/c1-14(2)32-24(31)18-12-29(23(30)17-11-15(26)9-10-19(17)27)13-25(3,4)21-16-7-5-6-8-20(16)28-22(18)21/h5-12,14,28H,13H2,1-4H3. The lowest BCUT2D eigenvalue weighted by molar-refractivity contribution is -0.140. The summed E-state index contributed by atoms with van der Waals surface area (Å²) in [6, 6.07) is 10.4. The zero-order valence-electron chi connectivity index (χ0n) is 18.3. The number of halogens is 2. The molecule has 4 rings (SSSR count). The Balaban J connectivity index is 1.91. The third kappa shape index (κ3) is 3.79. The van der Waals surface area contributed by atoms with E-state index in [1.165, 1.54) is 11.1 Å². The molecule has 7 heteroatoms. The van der Waals surface area contributed by atoms with Gasteiger partial charge in [-0.2, -0.15) is 0 Å². The molecular formula is C25H24F2N2O3. The van der Waals surface area contributed by atoms with Crippen molar-refractivity contribution in [3.63, 3.8) is 0 Å². The van der Waals surface area contributed by atoms with Crippen LogP contribution in [-0.4, -0.2) is 34.4 Å². The number of hydrogen-bond donors (Lipinski definition) is 1. The molecule has 0 radical (unpaired) electrons. The topological polar surface area (TPSA) is 62.4 Å². The van der Waals surface area contributed by atoms with Gasteiger partial charge in [0.1, 0.15) is 11.6 Å². The van der Waals surface area contributed by atoms with Gasteiger partial charge in [-0.15, -0.1) is 0 Å². The molecule has 0 saturated carbocycles. The van der Waals surface area contributed by atoms with Gasteiger partial charge in [-0.3, -0.25) is 4.79 Å². The van der Waals surface area contributed by atoms with Crippen LogP contribution in [0.3, 0.4) is 0 Å². The number of fused-ring (bicyclic) bond motifs is 3. The SMILES string of the molecule is CC(C)OC(=O)C1=CN(C(=O)c2cc(F)ccc2F)CC(C)(C)c2c1[nH]c1ccccc21. The molecule has 2 aromatic carbocycles. The highest BCUT2D eigenvalue weighted by Crippen LogP contribution is 2.40. The molecule has 0 unspecified atom stereocenters. The van der Waals surface area contributed by atoms with Gasteiger partial charge in [0, 0.05) is 29.1 Å². The Morgan fingerprint density at radius 1 is 1.12 bits per heavy atom. The number of esters is 1. The van der Waals surface area contributed by atoms with Crippen molar-refractivity contribution >= 4 is 28.4 Å². The van der Waals surface area contributed by atoms with Gasteiger partial charge in [0.05, 0.1) is 22.9 Å². The summed E-state index contributed by atoms with van der Waals surface area (Å²) in [5, 5.41) is 0.919. The molecular weight excluding hydrogens is 414 g/mol. The molecule has 32 heavy (non-hydrogen) atoms. The highest BCUT2D eigenvalue weighted by molar-refractivity contribution is 6.18. The number of para-hydroxylation sites is 1. The summed E-state index contributed by atoms with van der Waals surface area (Å²) >= 11 is 0. The Morgan fingerprint density at radius 2 is 1.84 bits per heavy atom. The summed E-state index contributed by atoms with van der Waals surface area (Å²) in [5.74, 6) is -2.90. The molecule has 1 aliphatic rings. The number of rotatable bonds is 3. The first-order valence-corrected chi connectivity index (χ1v) is 10.4. The van der Waals surface area contributed by atoms with E-state index in [0.717, 1.165) is 34.7 Å². The molecule has 3 aromatic rings. The van der Waals surface area contributed by atoms with Crippen molar-refractivity contribution in [3.8, 4) is 0 Å². The van der Waals surface area contributed by atoms with E-state index >= 15 is 0 Å². The van der Waals surface area contributed by atoms with Crippen LogP contribution in [0, 0.1) is 11.6 Å². The van der Waals surface area contributed by atoms with Crippen molar-refractivity contribution < 1.29 is 23.1 Å². The molecule has 0 bridgehead atoms. The molecule has 1 amide bonds. The number of aromatic nitrogens is 1. The molecule has 1 N–H and O–H groups in total. The van der Waals surface area contributed by atoms with E-state index in [4.69, 9.17) is 4.74 Å². The molecule has 0 spiro atoms. The highest BCUT2D eigenvalue weighted by Gasteiger charge is 2.38. The summed E-state index contributed by atoms with van der Waals surface area (Å²) in [4.78, 5) is 30.9. The average Bonchev–Trinajstić information content (AvgIpc) is 3.06. The summed E-state index contributed by atoms with van der Waals surface area (Å²) < 4.78 is 33.6. The number of amides is 1. The van der Waals surface area contributed by atoms with E-state index < -0.39 is 34.5 Å². The van der Waals surface area contributed by atoms with E-state index in [-0.39, 0.29) is 18.2 Å². The van der Waals surface area contributed by atoms with Crippen LogP contribution < -0.4 is 0 Å². The van der Waals surface area contributed by atoms with E-state index in [9.17, 15) is 18.4 Å². The van der Waals surface area contributed by atoms with Gasteiger partial charge in [0.25, 0.3) is 5.91 Å². The van der Waals surface area contributed by atoms with Crippen molar-refractivity contribution in [2.75, 3.05) is 6.54 Å². The van der Waals surface area contributed by atoms with E-state index in [1.807, 2.05) is 38.1 Å². The smallest absolute Gasteiger partial charge is 0.342 e. The normalized spacial score (nSPS) is 15.3. The molecule has 0 aliphatic carbocycles. The fraction of sp³-hybridized carbons (Fsp3) is 0.280. The molecule has 0 fully saturated rings. The van der Waals surface area contributed by atoms with Gasteiger partial charge in [0.15, 0.2) is 0 Å². The second-order valence-electron chi connectivity index (χ2n) is 8.86. The second-order valence-corrected chi connectivity index (χ2v) is 8.86. The maximum Gasteiger partial charge on any atom is 0.342 e. The number of aromatic amines is 1. The van der Waals surface area contributed by atoms with Gasteiger partial charge >= 0.3 is 5.97 Å². The van der Waals surface area contributed by atoms with Crippen LogP contribution >= 0.6 is 0 Å². The largest absolute Gasteiger partial charge is 0.459 e. The Kier molecular flexibility index (Phi) is 5.36. The van der Waals surface area contributed by atoms with Gasteiger partial charge in [-0.25, -0.2) is 13.6 Å². The Hall–Kier alpha value is -3.48. The number of H-pyrrole nitrogens is 1. The molecule has 2 heterocycles. The van der Waals surface area contributed by atoms with Crippen LogP contribution in [0.25, 0.3) is 16.5 Å². The van der Waals surface area contributed by atoms with Crippen LogP contribution in [0.2, 0.25) is 0 Å². The summed E-state index contributed by atoms with van der Waals surface area (Å²) in [6.45, 7) is 7.50. The Bertz CT molecular complexity index is 1260. The quantitative estimate of drug-likeness (QED) is 0.574. The first-order chi connectivity index (χ1) is 15.1. The predicted molar refractivity (Wildman–Crippen MR) is 118 cm³/mol. The minimum atomic E-state index is -0.831. The zero-order valence-corrected chi connectivity index (χ0v) is 18.3. The van der Waals surface area contributed by atoms with E-state index in [2.05, 4.69) is 4.98 Å². The molecule has 166 valence electrons. The van der Waals surface area contributed by atoms with Gasteiger partial charge < -0.3 is 14.6 Å². The van der Waals surface area contributed by atoms with Gasteiger partial charge in [-0.1, -0.05) is 32.0 Å². The lowest BCUT2D eigenvalue weighted by Crippen LogP contribution is -2.37. The third-order valence-corrected chi connectivity index (χ3v) is 5.49. The molecule has 0 atom stereocenters. The number of nitrogens with zero attached hydrogens (tertiary/aromatic N) is 1. The minimum absolute atomic E-state index is 0.148. The first kappa shape index (κ1) is 21.7. The summed E-state index contributed by atoms with van der Waals surface area (Å²) in [6.07, 6.45) is 0.998. The lowest BCUT2D eigenvalue weighted by atomic mass is 9.81. The fourth-order valence-electron chi connectivity index (χ4n) is 4.20. The van der Waals surface area contributed by atoms with Crippen LogP contribution in [0.5, 0.6) is 0 Å². The van der Waals surface area contributed by atoms with Crippen molar-refractivity contribution in [3.05, 3.63) is 77.1 Å². The maximum atomic E-state index is 14.4. The number of ether oxygens (including phenoxy) is 1. The number of carbonyl (C=O) groups is 2. The van der Waals surface area contributed by atoms with Crippen molar-refractivity contribution in [1.29, 1.82) is 0 Å². The minimum Gasteiger partial charge on any atom is -0.459 e. The lowest BCUT2D eigenvalue weighted by Gasteiger charge is -2.29. The number of carbonyl (C=O) groups excluding carboxylic acids is 2. The molecule has 0 saturated heterocycles. The van der Waals surface area contributed by atoms with Crippen molar-refractivity contribution in [2.24, 2.45) is 0 Å². The fourth-order valence-corrected chi connectivity index (χ4v) is 4.20. The van der Waals surface area contributed by atoms with Crippen LogP contribution in [0.15, 0.2) is 48.7 Å². The Morgan fingerprint density at radius 3 is 2.56 bits per heavy atom. The molecule has 5 nitrogen and oxygen atoms in total. The number of hydrogen-bond acceptors (Lipinski definition) is 3. The number of nitrogens with one attached hydrogen (secondary N) is 1. The van der Waals surface area contributed by atoms with Crippen molar-refractivity contribution in [1.82, 2.24) is 9.88 Å². The first-order valence-electron chi connectivity index (χ1n) is 10.4. The summed E-state index contributed by atoms with van der Waals surface area (Å²) in [7, 11) is 0. The van der Waals surface area contributed by atoms with Gasteiger partial charge in [0.2, 0.25) is 0 Å². The number of benzene rings is 2. The summed E-state index contributed by atoms with van der Waals surface area (Å²) in [5.41, 5.74) is 1.39. The van der Waals surface area contributed by atoms with Gasteiger partial charge in [-0.05, 0) is 43.7 Å². The monoisotopic (exact) mass is 438 g/mol. The third-order valence-electron chi connectivity index (χ3n) is 5.49. The molecule has 1 aliphatic heterocycles.